The number of aliphatic carboxylic acids is 2. The summed E-state index contributed by atoms with van der Waals surface area (Å²) in [4.78, 5) is 131. The van der Waals surface area contributed by atoms with Crippen molar-refractivity contribution < 1.29 is 58.2 Å². The van der Waals surface area contributed by atoms with Crippen molar-refractivity contribution >= 4 is 63.7 Å². The fourth-order valence-electron chi connectivity index (χ4n) is 4.79. The zero-order valence-corrected chi connectivity index (χ0v) is 23.4. The van der Waals surface area contributed by atoms with Crippen LogP contribution in [0.3, 0.4) is 0 Å². The van der Waals surface area contributed by atoms with E-state index in [1.54, 1.807) is 0 Å². The Morgan fingerprint density at radius 3 is 2.22 bits per heavy atom. The van der Waals surface area contributed by atoms with Crippen molar-refractivity contribution in [2.75, 3.05) is 12.3 Å². The fraction of sp³-hybridized carbons (Fsp3) is 0.348. The van der Waals surface area contributed by atoms with Crippen molar-refractivity contribution in [1.82, 2.24) is 30.2 Å². The maximum Gasteiger partial charge on any atom is 0.372 e. The summed E-state index contributed by atoms with van der Waals surface area (Å²) in [6.45, 7) is -0.705. The van der Waals surface area contributed by atoms with Gasteiger partial charge in [-0.15, -0.1) is 11.3 Å². The number of aromatic amines is 2. The molecule has 6 rings (SSSR count). The van der Waals surface area contributed by atoms with Gasteiger partial charge in [-0.2, -0.15) is 5.06 Å². The summed E-state index contributed by atoms with van der Waals surface area (Å²) in [5.41, 5.74) is -3.55. The molecular formula is C23H18N8O14S. The van der Waals surface area contributed by atoms with Gasteiger partial charge in [0.15, 0.2) is 10.8 Å². The molecule has 1 saturated carbocycles. The zero-order valence-electron chi connectivity index (χ0n) is 22.6. The van der Waals surface area contributed by atoms with Gasteiger partial charge in [0, 0.05) is 18.2 Å². The number of aromatic nitrogens is 3. The van der Waals surface area contributed by atoms with Crippen LogP contribution in [0.5, 0.6) is 0 Å². The summed E-state index contributed by atoms with van der Waals surface area (Å²) in [7, 11) is 0. The van der Waals surface area contributed by atoms with Crippen LogP contribution in [0.25, 0.3) is 0 Å². The summed E-state index contributed by atoms with van der Waals surface area (Å²) >= 11 is 0.911. The molecule has 1 aliphatic carbocycles. The largest absolute Gasteiger partial charge is 0.478 e. The number of hydroxylamine groups is 2. The average molecular weight is 663 g/mol. The third-order valence-electron chi connectivity index (χ3n) is 7.34. The molecule has 240 valence electrons. The SMILES string of the molecule is Nc1nc(/C(=N/OC2(C(=O)O)CC2)C(=O)N[C@H]2CON(C3(C(=O)O)C[C@H](N4C(=O)c5[nH]c(=O)c(=O)[nH]c5C4=O)C(=O)O3)C2=O)cs1. The molecule has 2 aromatic rings. The van der Waals surface area contributed by atoms with E-state index < -0.39 is 106 Å². The Labute approximate surface area is 255 Å². The van der Waals surface area contributed by atoms with Crippen molar-refractivity contribution in [1.29, 1.82) is 0 Å². The highest BCUT2D eigenvalue weighted by Crippen LogP contribution is 2.40. The van der Waals surface area contributed by atoms with Crippen LogP contribution in [-0.2, 0) is 38.4 Å². The Morgan fingerprint density at radius 2 is 1.70 bits per heavy atom. The number of carbonyl (C=O) groups excluding carboxylic acids is 5. The summed E-state index contributed by atoms with van der Waals surface area (Å²) < 4.78 is 5.03. The van der Waals surface area contributed by atoms with Crippen molar-refractivity contribution in [3.8, 4) is 0 Å². The molecule has 0 bridgehead atoms. The number of nitrogens with two attached hydrogens (primary N) is 1. The van der Waals surface area contributed by atoms with Crippen molar-refractivity contribution in [2.24, 2.45) is 5.16 Å². The first-order valence-electron chi connectivity index (χ1n) is 12.9. The molecule has 5 heterocycles. The molecule has 1 unspecified atom stereocenters. The van der Waals surface area contributed by atoms with Gasteiger partial charge in [0.25, 0.3) is 23.6 Å². The molecule has 0 spiro atoms. The number of cyclic esters (lactones) is 1. The first-order chi connectivity index (χ1) is 21.7. The number of carboxylic acid groups (broad SMARTS) is 2. The van der Waals surface area contributed by atoms with Gasteiger partial charge in [-0.25, -0.2) is 19.4 Å². The number of nitrogens with one attached hydrogen (secondary N) is 3. The van der Waals surface area contributed by atoms with Crippen LogP contribution in [0.1, 0.15) is 45.9 Å². The van der Waals surface area contributed by atoms with E-state index in [4.69, 9.17) is 20.1 Å². The molecule has 2 saturated heterocycles. The minimum Gasteiger partial charge on any atom is -0.478 e. The van der Waals surface area contributed by atoms with Gasteiger partial charge in [-0.3, -0.25) is 38.5 Å². The molecule has 0 aromatic carbocycles. The Hall–Kier alpha value is -5.97. The Morgan fingerprint density at radius 1 is 1.07 bits per heavy atom. The van der Waals surface area contributed by atoms with Crippen LogP contribution >= 0.6 is 11.3 Å². The lowest BCUT2D eigenvalue weighted by atomic mass is 10.0. The van der Waals surface area contributed by atoms with Gasteiger partial charge in [-0.1, -0.05) is 5.16 Å². The topological polar surface area (TPSA) is 323 Å². The number of thiazole rings is 1. The van der Waals surface area contributed by atoms with Gasteiger partial charge in [0.05, 0.1) is 6.42 Å². The molecule has 3 aliphatic heterocycles. The Kier molecular flexibility index (Phi) is 6.73. The molecule has 4 amide bonds. The van der Waals surface area contributed by atoms with Crippen molar-refractivity contribution in [3.63, 3.8) is 0 Å². The molecule has 23 heteroatoms. The summed E-state index contributed by atoms with van der Waals surface area (Å²) in [6.07, 6.45) is -0.835. The highest BCUT2D eigenvalue weighted by atomic mass is 32.1. The lowest BCUT2D eigenvalue weighted by molar-refractivity contribution is -0.256. The molecule has 3 atom stereocenters. The van der Waals surface area contributed by atoms with E-state index in [-0.39, 0.29) is 33.6 Å². The summed E-state index contributed by atoms with van der Waals surface area (Å²) in [5.74, 6) is -9.64. The molecule has 2 aromatic heterocycles. The standard InChI is InChI=1S/C23H18N8O14S/c24-21-26-7(5-46-21)9(29-45-22(1-2-22)19(39)40)12(32)25-6-4-43-31(15(6)35)23(20(41)42)3-8(18(38)44-23)30-16(36)10-11(17(30)37)28-14(34)13(33)27-10/h5-6,8H,1-4H2,(H2,24,26)(H,25,32)(H,27,33)(H,28,34)(H,39,40)(H,41,42)/b29-9-/t6-,8-,23?/m0/s1. The minimum absolute atomic E-state index is 0.0121. The van der Waals surface area contributed by atoms with Crippen LogP contribution < -0.4 is 22.2 Å². The van der Waals surface area contributed by atoms with Gasteiger partial charge in [0.2, 0.25) is 5.60 Å². The average Bonchev–Trinajstić information content (AvgIpc) is 3.21. The highest BCUT2D eigenvalue weighted by molar-refractivity contribution is 7.13. The van der Waals surface area contributed by atoms with E-state index in [1.165, 1.54) is 5.38 Å². The molecule has 4 aliphatic rings. The summed E-state index contributed by atoms with van der Waals surface area (Å²) in [5, 5.41) is 26.8. The number of carbonyl (C=O) groups is 7. The number of esters is 1. The molecule has 22 nitrogen and oxygen atoms in total. The van der Waals surface area contributed by atoms with E-state index >= 15 is 0 Å². The van der Waals surface area contributed by atoms with E-state index in [0.29, 0.717) is 0 Å². The van der Waals surface area contributed by atoms with Crippen LogP contribution in [0.2, 0.25) is 0 Å². The normalized spacial score (nSPS) is 25.0. The number of ether oxygens (including phenoxy) is 1. The minimum atomic E-state index is -2.95. The second-order valence-corrected chi connectivity index (χ2v) is 11.1. The van der Waals surface area contributed by atoms with Crippen LogP contribution in [0.4, 0.5) is 5.13 Å². The van der Waals surface area contributed by atoms with Gasteiger partial charge >= 0.3 is 34.8 Å². The molecule has 46 heavy (non-hydrogen) atoms. The number of H-pyrrole nitrogens is 2. The number of anilines is 1. The second kappa shape index (κ2) is 10.3. The van der Waals surface area contributed by atoms with Crippen LogP contribution in [-0.4, -0.2) is 112 Å². The first kappa shape index (κ1) is 30.1. The molecule has 0 radical (unpaired) electrons. The molecule has 7 N–H and O–H groups in total. The molecule has 3 fully saturated rings. The van der Waals surface area contributed by atoms with Gasteiger partial charge < -0.3 is 40.8 Å². The quantitative estimate of drug-likeness (QED) is 0.0491. The number of imide groups is 1. The zero-order chi connectivity index (χ0) is 33.3. The maximum absolute atomic E-state index is 13.4. The van der Waals surface area contributed by atoms with Gasteiger partial charge in [-0.05, 0) is 0 Å². The second-order valence-electron chi connectivity index (χ2n) is 10.2. The Bertz CT molecular complexity index is 1880. The number of hydrogen-bond donors (Lipinski definition) is 6. The van der Waals surface area contributed by atoms with Gasteiger partial charge in [0.1, 0.15) is 35.8 Å². The van der Waals surface area contributed by atoms with Crippen molar-refractivity contribution in [2.45, 2.75) is 42.7 Å². The number of hydrogen-bond acceptors (Lipinski definition) is 16. The third-order valence-corrected chi connectivity index (χ3v) is 8.02. The lowest BCUT2D eigenvalue weighted by Gasteiger charge is -2.30. The monoisotopic (exact) mass is 662 g/mol. The van der Waals surface area contributed by atoms with E-state index in [1.807, 2.05) is 9.97 Å². The number of fused-ring (bicyclic) bond motifs is 1. The van der Waals surface area contributed by atoms with Crippen LogP contribution in [0, 0.1) is 0 Å². The molecular weight excluding hydrogens is 644 g/mol. The Balaban J connectivity index is 1.22. The van der Waals surface area contributed by atoms with Crippen LogP contribution in [0.15, 0.2) is 20.1 Å². The third kappa shape index (κ3) is 4.55. The predicted molar refractivity (Wildman–Crippen MR) is 142 cm³/mol. The van der Waals surface area contributed by atoms with E-state index in [9.17, 15) is 53.4 Å². The number of carboxylic acids is 2. The summed E-state index contributed by atoms with van der Waals surface area (Å²) in [6, 6.07) is -3.60. The maximum atomic E-state index is 13.4. The number of rotatable bonds is 9. The lowest BCUT2D eigenvalue weighted by Crippen LogP contribution is -2.57. The fourth-order valence-corrected chi connectivity index (χ4v) is 5.34. The predicted octanol–water partition coefficient (Wildman–Crippen LogP) is -3.91. The first-order valence-corrected chi connectivity index (χ1v) is 13.8. The number of nitrogen functional groups attached to an aromatic ring is 1. The van der Waals surface area contributed by atoms with Crippen molar-refractivity contribution in [3.05, 3.63) is 43.2 Å². The number of nitrogens with zero attached hydrogens (tertiary/aromatic N) is 4. The smallest absolute Gasteiger partial charge is 0.372 e. The van der Waals surface area contributed by atoms with E-state index in [0.717, 1.165) is 11.3 Å². The number of oxime groups is 1. The number of amides is 4. The highest BCUT2D eigenvalue weighted by Gasteiger charge is 2.65. The van der Waals surface area contributed by atoms with E-state index in [2.05, 4.69) is 15.5 Å².